The number of morpholine rings is 1. The second kappa shape index (κ2) is 5.80. The van der Waals surface area contributed by atoms with E-state index >= 15 is 0 Å². The number of aliphatic hydroxyl groups excluding tert-OH is 1. The van der Waals surface area contributed by atoms with Gasteiger partial charge in [0.25, 0.3) is 0 Å². The quantitative estimate of drug-likeness (QED) is 0.704. The molecule has 0 aromatic rings. The van der Waals surface area contributed by atoms with Gasteiger partial charge in [0, 0.05) is 24.7 Å². The van der Waals surface area contributed by atoms with Gasteiger partial charge in [0.05, 0.1) is 19.3 Å². The van der Waals surface area contributed by atoms with Crippen molar-refractivity contribution in [3.05, 3.63) is 0 Å². The predicted octanol–water partition coefficient (Wildman–Crippen LogP) is 0.194. The minimum atomic E-state index is 0.0442. The second-order valence-corrected chi connectivity index (χ2v) is 4.51. The molecule has 1 heterocycles. The Morgan fingerprint density at radius 2 is 2.20 bits per heavy atom. The third-order valence-electron chi connectivity index (χ3n) is 3.23. The first kappa shape index (κ1) is 12.9. The van der Waals surface area contributed by atoms with E-state index in [2.05, 4.69) is 25.7 Å². The van der Waals surface area contributed by atoms with Crippen LogP contribution < -0.4 is 5.73 Å². The number of ether oxygens (including phenoxy) is 1. The molecule has 4 atom stereocenters. The van der Waals surface area contributed by atoms with E-state index in [1.165, 1.54) is 0 Å². The maximum atomic E-state index is 9.42. The average molecular weight is 216 g/mol. The van der Waals surface area contributed by atoms with Crippen LogP contribution in [-0.4, -0.2) is 54.0 Å². The zero-order valence-corrected chi connectivity index (χ0v) is 10.0. The Bertz CT molecular complexity index is 189. The predicted molar refractivity (Wildman–Crippen MR) is 60.7 cm³/mol. The third-order valence-corrected chi connectivity index (χ3v) is 3.23. The first-order valence-corrected chi connectivity index (χ1v) is 5.83. The van der Waals surface area contributed by atoms with E-state index in [4.69, 9.17) is 10.5 Å². The van der Waals surface area contributed by atoms with Crippen molar-refractivity contribution in [3.8, 4) is 0 Å². The number of hydrogen-bond donors (Lipinski definition) is 2. The lowest BCUT2D eigenvalue weighted by Crippen LogP contribution is -2.58. The highest BCUT2D eigenvalue weighted by Gasteiger charge is 2.31. The lowest BCUT2D eigenvalue weighted by Gasteiger charge is -2.43. The highest BCUT2D eigenvalue weighted by Crippen LogP contribution is 2.17. The Morgan fingerprint density at radius 3 is 2.73 bits per heavy atom. The van der Waals surface area contributed by atoms with Crippen LogP contribution in [0, 0.1) is 0 Å². The smallest absolute Gasteiger partial charge is 0.0674 e. The Kier molecular flexibility index (Phi) is 4.99. The molecule has 0 bridgehead atoms. The van der Waals surface area contributed by atoms with Crippen LogP contribution in [0.3, 0.4) is 0 Å². The maximum Gasteiger partial charge on any atom is 0.0674 e. The lowest BCUT2D eigenvalue weighted by molar-refractivity contribution is -0.0775. The van der Waals surface area contributed by atoms with E-state index in [9.17, 15) is 5.11 Å². The van der Waals surface area contributed by atoms with E-state index in [-0.39, 0.29) is 24.8 Å². The van der Waals surface area contributed by atoms with Crippen LogP contribution in [0.15, 0.2) is 0 Å². The van der Waals surface area contributed by atoms with Crippen molar-refractivity contribution in [3.63, 3.8) is 0 Å². The number of nitrogens with two attached hydrogens (primary N) is 1. The molecule has 1 fully saturated rings. The number of hydrogen-bond acceptors (Lipinski definition) is 4. The molecule has 90 valence electrons. The minimum absolute atomic E-state index is 0.0442. The van der Waals surface area contributed by atoms with Crippen molar-refractivity contribution in [2.45, 2.75) is 51.4 Å². The third kappa shape index (κ3) is 3.14. The van der Waals surface area contributed by atoms with E-state index in [0.29, 0.717) is 6.04 Å². The van der Waals surface area contributed by atoms with Crippen molar-refractivity contribution < 1.29 is 9.84 Å². The average Bonchev–Trinajstić information content (AvgIpc) is 2.23. The van der Waals surface area contributed by atoms with Gasteiger partial charge in [-0.3, -0.25) is 4.90 Å². The highest BCUT2D eigenvalue weighted by atomic mass is 16.5. The summed E-state index contributed by atoms with van der Waals surface area (Å²) in [6.45, 7) is 7.96. The summed E-state index contributed by atoms with van der Waals surface area (Å²) in [4.78, 5) is 2.28. The molecule has 15 heavy (non-hydrogen) atoms. The van der Waals surface area contributed by atoms with Crippen LogP contribution in [0.4, 0.5) is 0 Å². The zero-order chi connectivity index (χ0) is 11.4. The topological polar surface area (TPSA) is 58.7 Å². The van der Waals surface area contributed by atoms with Crippen molar-refractivity contribution in [2.24, 2.45) is 5.73 Å². The molecule has 4 unspecified atom stereocenters. The van der Waals surface area contributed by atoms with Crippen LogP contribution in [-0.2, 0) is 4.74 Å². The molecule has 0 aromatic carbocycles. The van der Waals surface area contributed by atoms with Crippen molar-refractivity contribution in [2.75, 3.05) is 19.8 Å². The molecule has 3 N–H and O–H groups in total. The molecule has 1 rings (SSSR count). The van der Waals surface area contributed by atoms with Crippen LogP contribution >= 0.6 is 0 Å². The standard InChI is InChI=1S/C11H24N2O2/c1-4-10(12)11(6-14)13-5-9(3)15-7-8(13)2/h8-11,14H,4-7,12H2,1-3H3. The Balaban J connectivity index is 2.64. The molecule has 0 radical (unpaired) electrons. The SMILES string of the molecule is CCC(N)C(CO)N1CC(C)OCC1C. The van der Waals surface area contributed by atoms with Crippen LogP contribution in [0.1, 0.15) is 27.2 Å². The van der Waals surface area contributed by atoms with E-state index in [1.807, 2.05) is 0 Å². The van der Waals surface area contributed by atoms with Gasteiger partial charge in [-0.05, 0) is 20.3 Å². The van der Waals surface area contributed by atoms with Crippen molar-refractivity contribution >= 4 is 0 Å². The van der Waals surface area contributed by atoms with Crippen molar-refractivity contribution in [1.29, 1.82) is 0 Å². The molecular formula is C11H24N2O2. The first-order chi connectivity index (χ1) is 7.10. The number of aliphatic hydroxyl groups is 1. The Morgan fingerprint density at radius 1 is 1.53 bits per heavy atom. The first-order valence-electron chi connectivity index (χ1n) is 5.83. The molecule has 1 saturated heterocycles. The van der Waals surface area contributed by atoms with Gasteiger partial charge in [0.1, 0.15) is 0 Å². The maximum absolute atomic E-state index is 9.42. The molecule has 0 saturated carbocycles. The Labute approximate surface area is 92.4 Å². The summed E-state index contributed by atoms with van der Waals surface area (Å²) in [5, 5.41) is 9.42. The van der Waals surface area contributed by atoms with E-state index < -0.39 is 0 Å². The summed E-state index contributed by atoms with van der Waals surface area (Å²) < 4.78 is 5.56. The molecule has 0 aromatic heterocycles. The summed E-state index contributed by atoms with van der Waals surface area (Å²) >= 11 is 0. The van der Waals surface area contributed by atoms with E-state index in [0.717, 1.165) is 19.6 Å². The largest absolute Gasteiger partial charge is 0.395 e. The van der Waals surface area contributed by atoms with Gasteiger partial charge in [-0.25, -0.2) is 0 Å². The molecular weight excluding hydrogens is 192 g/mol. The summed E-state index contributed by atoms with van der Waals surface area (Å²) in [6.07, 6.45) is 1.13. The van der Waals surface area contributed by atoms with Crippen LogP contribution in [0.2, 0.25) is 0 Å². The van der Waals surface area contributed by atoms with Gasteiger partial charge < -0.3 is 15.6 Å². The van der Waals surface area contributed by atoms with Crippen molar-refractivity contribution in [1.82, 2.24) is 4.90 Å². The van der Waals surface area contributed by atoms with Gasteiger partial charge in [-0.15, -0.1) is 0 Å². The van der Waals surface area contributed by atoms with Gasteiger partial charge in [0.2, 0.25) is 0 Å². The highest BCUT2D eigenvalue weighted by molar-refractivity contribution is 4.87. The lowest BCUT2D eigenvalue weighted by atomic mass is 10.0. The van der Waals surface area contributed by atoms with E-state index in [1.54, 1.807) is 0 Å². The second-order valence-electron chi connectivity index (χ2n) is 4.51. The zero-order valence-electron chi connectivity index (χ0n) is 10.0. The number of rotatable bonds is 4. The summed E-state index contributed by atoms with van der Waals surface area (Å²) in [7, 11) is 0. The normalized spacial score (nSPS) is 32.6. The fraction of sp³-hybridized carbons (Fsp3) is 1.00. The fourth-order valence-electron chi connectivity index (χ4n) is 2.15. The molecule has 4 nitrogen and oxygen atoms in total. The molecule has 0 aliphatic carbocycles. The summed E-state index contributed by atoms with van der Waals surface area (Å²) in [5.74, 6) is 0. The molecule has 0 amide bonds. The molecule has 1 aliphatic heterocycles. The number of nitrogens with zero attached hydrogens (tertiary/aromatic N) is 1. The molecule has 1 aliphatic rings. The van der Waals surface area contributed by atoms with Crippen LogP contribution in [0.5, 0.6) is 0 Å². The molecule has 4 heteroatoms. The Hall–Kier alpha value is -0.160. The monoisotopic (exact) mass is 216 g/mol. The van der Waals surface area contributed by atoms with Gasteiger partial charge in [-0.2, -0.15) is 0 Å². The van der Waals surface area contributed by atoms with Gasteiger partial charge in [0.15, 0.2) is 0 Å². The van der Waals surface area contributed by atoms with Crippen LogP contribution in [0.25, 0.3) is 0 Å². The summed E-state index contributed by atoms with van der Waals surface area (Å²) in [5.41, 5.74) is 6.02. The van der Waals surface area contributed by atoms with Gasteiger partial charge >= 0.3 is 0 Å². The molecule has 0 spiro atoms. The minimum Gasteiger partial charge on any atom is -0.395 e. The summed E-state index contributed by atoms with van der Waals surface area (Å²) in [6, 6.07) is 0.454. The van der Waals surface area contributed by atoms with Gasteiger partial charge in [-0.1, -0.05) is 6.92 Å². The fourth-order valence-corrected chi connectivity index (χ4v) is 2.15.